The summed E-state index contributed by atoms with van der Waals surface area (Å²) in [4.78, 5) is 10.2. The fourth-order valence-corrected chi connectivity index (χ4v) is 1.77. The second kappa shape index (κ2) is 2.47. The van der Waals surface area contributed by atoms with E-state index in [4.69, 9.17) is 0 Å². The first-order valence-corrected chi connectivity index (χ1v) is 4.12. The van der Waals surface area contributed by atoms with Gasteiger partial charge in [-0.2, -0.15) is 5.10 Å². The zero-order valence-corrected chi connectivity index (χ0v) is 6.54. The van der Waals surface area contributed by atoms with Gasteiger partial charge in [-0.05, 0) is 11.4 Å². The smallest absolute Gasteiger partial charge is 0.141 e. The molecule has 0 aliphatic rings. The lowest BCUT2D eigenvalue weighted by Crippen LogP contribution is -1.99. The number of rotatable bonds is 2. The highest BCUT2D eigenvalue weighted by Gasteiger charge is 2.00. The molecule has 0 spiro atoms. The molecule has 0 aliphatic carbocycles. The van der Waals surface area contributed by atoms with Gasteiger partial charge in [0.1, 0.15) is 6.29 Å². The van der Waals surface area contributed by atoms with Crippen LogP contribution in [0.5, 0.6) is 0 Å². The number of carbonyl (C=O) groups is 1. The van der Waals surface area contributed by atoms with E-state index in [9.17, 15) is 4.79 Å². The summed E-state index contributed by atoms with van der Waals surface area (Å²) in [5.74, 6) is 0. The van der Waals surface area contributed by atoms with E-state index in [1.807, 2.05) is 11.4 Å². The number of aldehydes is 1. The van der Waals surface area contributed by atoms with Gasteiger partial charge in [0.05, 0.1) is 23.0 Å². The average molecular weight is 166 g/mol. The Balaban J connectivity index is 2.59. The van der Waals surface area contributed by atoms with Crippen LogP contribution in [-0.2, 0) is 11.3 Å². The fourth-order valence-electron chi connectivity index (χ4n) is 1.02. The molecular weight excluding hydrogens is 160 g/mol. The molecule has 0 N–H and O–H groups in total. The lowest BCUT2D eigenvalue weighted by atomic mass is 10.5. The highest BCUT2D eigenvalue weighted by molar-refractivity contribution is 7.17. The van der Waals surface area contributed by atoms with Gasteiger partial charge in [0, 0.05) is 0 Å². The fraction of sp³-hybridized carbons (Fsp3) is 0.143. The minimum Gasteiger partial charge on any atom is -0.301 e. The third kappa shape index (κ3) is 0.952. The Kier molecular flexibility index (Phi) is 1.47. The summed E-state index contributed by atoms with van der Waals surface area (Å²) in [5, 5.41) is 6.03. The molecule has 2 aromatic heterocycles. The van der Waals surface area contributed by atoms with Crippen molar-refractivity contribution in [1.29, 1.82) is 0 Å². The molecule has 0 aromatic carbocycles. The average Bonchev–Trinajstić information content (AvgIpc) is 2.53. The summed E-state index contributed by atoms with van der Waals surface area (Å²) in [7, 11) is 0. The molecule has 0 amide bonds. The van der Waals surface area contributed by atoms with E-state index in [2.05, 4.69) is 5.10 Å². The van der Waals surface area contributed by atoms with Crippen molar-refractivity contribution in [2.45, 2.75) is 6.54 Å². The van der Waals surface area contributed by atoms with Crippen LogP contribution in [0.1, 0.15) is 0 Å². The molecule has 0 saturated heterocycles. The topological polar surface area (TPSA) is 34.9 Å². The lowest BCUT2D eigenvalue weighted by Gasteiger charge is -1.91. The number of nitrogens with zero attached hydrogens (tertiary/aromatic N) is 2. The molecular formula is C7H6N2OS. The second-order valence-corrected chi connectivity index (χ2v) is 3.11. The summed E-state index contributed by atoms with van der Waals surface area (Å²) in [6, 6.07) is 1.97. The number of hydrogen-bond donors (Lipinski definition) is 0. The second-order valence-electron chi connectivity index (χ2n) is 2.16. The molecule has 0 fully saturated rings. The zero-order valence-electron chi connectivity index (χ0n) is 5.73. The third-order valence-electron chi connectivity index (χ3n) is 1.51. The molecule has 11 heavy (non-hydrogen) atoms. The summed E-state index contributed by atoms with van der Waals surface area (Å²) >= 11 is 1.63. The standard InChI is InChI=1S/C7H6N2OS/c10-3-2-9-6-1-4-11-7(6)5-8-9/h1,3-5H,2H2. The van der Waals surface area contributed by atoms with E-state index in [0.717, 1.165) is 16.5 Å². The van der Waals surface area contributed by atoms with E-state index in [0.29, 0.717) is 6.54 Å². The van der Waals surface area contributed by atoms with E-state index >= 15 is 0 Å². The molecule has 0 radical (unpaired) electrons. The van der Waals surface area contributed by atoms with Crippen molar-refractivity contribution >= 4 is 27.8 Å². The zero-order chi connectivity index (χ0) is 7.68. The van der Waals surface area contributed by atoms with E-state index in [1.54, 1.807) is 22.2 Å². The van der Waals surface area contributed by atoms with Gasteiger partial charge in [-0.1, -0.05) is 0 Å². The molecule has 56 valence electrons. The number of hydrogen-bond acceptors (Lipinski definition) is 3. The number of fused-ring (bicyclic) bond motifs is 1. The Labute approximate surface area is 67.3 Å². The first-order valence-electron chi connectivity index (χ1n) is 3.24. The van der Waals surface area contributed by atoms with Crippen molar-refractivity contribution in [1.82, 2.24) is 9.78 Å². The first-order chi connectivity index (χ1) is 5.42. The molecule has 2 heterocycles. The molecule has 2 aromatic rings. The van der Waals surface area contributed by atoms with Crippen LogP contribution in [0.4, 0.5) is 0 Å². The maximum atomic E-state index is 10.2. The van der Waals surface area contributed by atoms with Gasteiger partial charge in [0.15, 0.2) is 0 Å². The van der Waals surface area contributed by atoms with Crippen LogP contribution in [0.15, 0.2) is 17.6 Å². The van der Waals surface area contributed by atoms with E-state index < -0.39 is 0 Å². The summed E-state index contributed by atoms with van der Waals surface area (Å²) in [6.07, 6.45) is 2.63. The Morgan fingerprint density at radius 2 is 2.64 bits per heavy atom. The Morgan fingerprint density at radius 3 is 3.45 bits per heavy atom. The van der Waals surface area contributed by atoms with Crippen LogP contribution < -0.4 is 0 Å². The predicted molar refractivity (Wildman–Crippen MR) is 43.7 cm³/mol. The SMILES string of the molecule is O=CCn1ncc2sccc21. The van der Waals surface area contributed by atoms with Crippen LogP contribution in [0.2, 0.25) is 0 Å². The first kappa shape index (κ1) is 6.54. The highest BCUT2D eigenvalue weighted by Crippen LogP contribution is 2.19. The van der Waals surface area contributed by atoms with Crippen molar-refractivity contribution in [2.24, 2.45) is 0 Å². The summed E-state index contributed by atoms with van der Waals surface area (Å²) < 4.78 is 2.82. The Bertz CT molecular complexity index is 376. The third-order valence-corrected chi connectivity index (χ3v) is 2.35. The van der Waals surface area contributed by atoms with Crippen molar-refractivity contribution in [3.05, 3.63) is 17.6 Å². The maximum Gasteiger partial charge on any atom is 0.141 e. The highest BCUT2D eigenvalue weighted by atomic mass is 32.1. The van der Waals surface area contributed by atoms with Gasteiger partial charge >= 0.3 is 0 Å². The van der Waals surface area contributed by atoms with E-state index in [1.165, 1.54) is 0 Å². The van der Waals surface area contributed by atoms with Crippen molar-refractivity contribution < 1.29 is 4.79 Å². The lowest BCUT2D eigenvalue weighted by molar-refractivity contribution is -0.108. The molecule has 0 aliphatic heterocycles. The van der Waals surface area contributed by atoms with Crippen LogP contribution in [0.25, 0.3) is 10.2 Å². The number of thiophene rings is 1. The minimum atomic E-state index is 0.347. The van der Waals surface area contributed by atoms with Gasteiger partial charge in [-0.3, -0.25) is 4.68 Å². The number of carbonyl (C=O) groups excluding carboxylic acids is 1. The molecule has 0 unspecified atom stereocenters. The molecule has 4 heteroatoms. The molecule has 0 saturated carbocycles. The monoisotopic (exact) mass is 166 g/mol. The van der Waals surface area contributed by atoms with Crippen molar-refractivity contribution in [3.8, 4) is 0 Å². The van der Waals surface area contributed by atoms with Gasteiger partial charge < -0.3 is 4.79 Å². The van der Waals surface area contributed by atoms with Gasteiger partial charge in [-0.15, -0.1) is 11.3 Å². The number of aromatic nitrogens is 2. The van der Waals surface area contributed by atoms with Crippen LogP contribution in [-0.4, -0.2) is 16.1 Å². The maximum absolute atomic E-state index is 10.2. The Hall–Kier alpha value is -1.16. The van der Waals surface area contributed by atoms with Crippen molar-refractivity contribution in [3.63, 3.8) is 0 Å². The molecule has 0 bridgehead atoms. The largest absolute Gasteiger partial charge is 0.301 e. The predicted octanol–water partition coefficient (Wildman–Crippen LogP) is 1.30. The molecule has 0 atom stereocenters. The van der Waals surface area contributed by atoms with Gasteiger partial charge in [0.25, 0.3) is 0 Å². The summed E-state index contributed by atoms with van der Waals surface area (Å²) in [5.41, 5.74) is 1.04. The summed E-state index contributed by atoms with van der Waals surface area (Å²) in [6.45, 7) is 0.347. The Morgan fingerprint density at radius 1 is 1.73 bits per heavy atom. The van der Waals surface area contributed by atoms with Crippen LogP contribution in [0, 0.1) is 0 Å². The van der Waals surface area contributed by atoms with Gasteiger partial charge in [-0.25, -0.2) is 0 Å². The normalized spacial score (nSPS) is 10.5. The minimum absolute atomic E-state index is 0.347. The van der Waals surface area contributed by atoms with Crippen LogP contribution in [0.3, 0.4) is 0 Å². The molecule has 2 rings (SSSR count). The molecule has 3 nitrogen and oxygen atoms in total. The van der Waals surface area contributed by atoms with Crippen LogP contribution >= 0.6 is 11.3 Å². The van der Waals surface area contributed by atoms with Gasteiger partial charge in [0.2, 0.25) is 0 Å². The van der Waals surface area contributed by atoms with Crippen molar-refractivity contribution in [2.75, 3.05) is 0 Å². The quantitative estimate of drug-likeness (QED) is 0.630. The van der Waals surface area contributed by atoms with E-state index in [-0.39, 0.29) is 0 Å².